The molecular weight excluding hydrogens is 529 g/mol. The fourth-order valence-corrected chi connectivity index (χ4v) is 6.83. The zero-order valence-corrected chi connectivity index (χ0v) is 22.2. The number of alkyl halides is 1. The average molecular weight is 558 g/mol. The first-order valence-electron chi connectivity index (χ1n) is 10.5. The number of halogens is 1. The van der Waals surface area contributed by atoms with Crippen molar-refractivity contribution in [2.24, 2.45) is 0 Å². The molecule has 2 unspecified atom stereocenters. The van der Waals surface area contributed by atoms with Crippen LogP contribution in [0.25, 0.3) is 0 Å². The highest BCUT2D eigenvalue weighted by atomic mass is 35.5. The van der Waals surface area contributed by atoms with Gasteiger partial charge in [-0.25, -0.2) is 9.88 Å². The van der Waals surface area contributed by atoms with Crippen molar-refractivity contribution < 1.29 is 38.0 Å². The van der Waals surface area contributed by atoms with E-state index in [0.29, 0.717) is 11.4 Å². The summed E-state index contributed by atoms with van der Waals surface area (Å²) in [6.07, 6.45) is -2.99. The summed E-state index contributed by atoms with van der Waals surface area (Å²) in [6, 6.07) is 0.0289. The van der Waals surface area contributed by atoms with E-state index < -0.39 is 72.0 Å². The molecule has 0 amide bonds. The van der Waals surface area contributed by atoms with Crippen LogP contribution in [-0.4, -0.2) is 75.3 Å². The Balaban J connectivity index is 2.19. The lowest BCUT2D eigenvalue weighted by atomic mass is 10.0. The molecule has 0 saturated carbocycles. The summed E-state index contributed by atoms with van der Waals surface area (Å²) in [6.45, 7) is 1.70. The molecule has 1 saturated heterocycles. The van der Waals surface area contributed by atoms with Crippen molar-refractivity contribution in [3.8, 4) is 0 Å². The number of aliphatic hydroxyl groups is 1. The normalized spacial score (nSPS) is 26.8. The smallest absolute Gasteiger partial charge is 0.330 e. The third-order valence-electron chi connectivity index (χ3n) is 4.87. The molecule has 1 aromatic rings. The van der Waals surface area contributed by atoms with Crippen LogP contribution in [0, 0.1) is 0 Å². The minimum Gasteiger partial charge on any atom is -0.468 e. The first-order valence-corrected chi connectivity index (χ1v) is 14.1. The molecule has 13 nitrogen and oxygen atoms in total. The first kappa shape index (κ1) is 29.6. The lowest BCUT2D eigenvalue weighted by Gasteiger charge is -2.26. The Kier molecular flexibility index (Phi) is 10.2. The second kappa shape index (κ2) is 12.0. The van der Waals surface area contributed by atoms with Gasteiger partial charge in [0.05, 0.1) is 19.8 Å². The summed E-state index contributed by atoms with van der Waals surface area (Å²) in [4.78, 5) is 47.9. The molecular formula is C19H29ClN3O10PS. The maximum atomic E-state index is 13.5. The number of hydrogen-bond acceptors (Lipinski definition) is 11. The van der Waals surface area contributed by atoms with Crippen molar-refractivity contribution in [2.45, 2.75) is 63.2 Å². The second-order valence-corrected chi connectivity index (χ2v) is 13.2. The van der Waals surface area contributed by atoms with Crippen LogP contribution in [0.4, 0.5) is 0 Å². The summed E-state index contributed by atoms with van der Waals surface area (Å²) in [5, 5.41) is 13.3. The number of nitrogens with one attached hydrogen (secondary N) is 2. The van der Waals surface area contributed by atoms with Crippen molar-refractivity contribution in [3.63, 3.8) is 0 Å². The number of hydrogen-bond donors (Lipinski definition) is 3. The van der Waals surface area contributed by atoms with Gasteiger partial charge in [-0.15, -0.1) is 11.6 Å². The third-order valence-corrected chi connectivity index (χ3v) is 9.21. The Labute approximate surface area is 210 Å². The number of carbonyl (C=O) groups is 2. The van der Waals surface area contributed by atoms with Crippen LogP contribution < -0.4 is 16.3 Å². The highest BCUT2D eigenvalue weighted by Crippen LogP contribution is 2.57. The number of esters is 2. The molecule has 6 atom stereocenters. The Morgan fingerprint density at radius 3 is 2.63 bits per heavy atom. The van der Waals surface area contributed by atoms with E-state index in [4.69, 9.17) is 25.6 Å². The van der Waals surface area contributed by atoms with E-state index >= 15 is 0 Å². The Hall–Kier alpha value is -1.67. The van der Waals surface area contributed by atoms with Crippen LogP contribution in [0.3, 0.4) is 0 Å². The molecule has 198 valence electrons. The zero-order valence-electron chi connectivity index (χ0n) is 19.8. The van der Waals surface area contributed by atoms with E-state index in [0.717, 1.165) is 17.7 Å². The molecule has 0 spiro atoms. The number of carbonyl (C=O) groups excluding carboxylic acids is 2. The van der Waals surface area contributed by atoms with Crippen molar-refractivity contribution >= 4 is 41.6 Å². The first-order chi connectivity index (χ1) is 16.2. The fourth-order valence-electron chi connectivity index (χ4n) is 3.07. The molecule has 0 aromatic carbocycles. The van der Waals surface area contributed by atoms with Crippen LogP contribution >= 0.6 is 29.7 Å². The highest BCUT2D eigenvalue weighted by molar-refractivity contribution is 8.56. The van der Waals surface area contributed by atoms with Gasteiger partial charge < -0.3 is 23.8 Å². The third kappa shape index (κ3) is 7.66. The lowest BCUT2D eigenvalue weighted by molar-refractivity contribution is -0.149. The summed E-state index contributed by atoms with van der Waals surface area (Å²) >= 11 is 7.06. The zero-order chi connectivity index (χ0) is 26.6. The van der Waals surface area contributed by atoms with Crippen LogP contribution in [-0.2, 0) is 32.9 Å². The van der Waals surface area contributed by atoms with E-state index in [1.54, 1.807) is 13.8 Å². The number of aromatic nitrogens is 2. The standard InChI is InChI=1S/C19H29ClN3O10PS/c1-10(2)32-16(27)11(3)22-34(29,35-9-14(25)30-5)31-8-12-15(26)19(4,20)17(33-12)23-7-6-13(24)21-18(23)28/h6-7,10-12,15,17,26H,8-9H2,1-5H3,(H,22,29)(H,21,24,28)/t11?,12-,15-,17-,19-,34?/m1/s1. The molecule has 2 rings (SSSR count). The monoisotopic (exact) mass is 557 g/mol. The van der Waals surface area contributed by atoms with Gasteiger partial charge in [0, 0.05) is 12.3 Å². The predicted molar refractivity (Wildman–Crippen MR) is 127 cm³/mol. The topological polar surface area (TPSA) is 175 Å². The van der Waals surface area contributed by atoms with Crippen molar-refractivity contribution in [1.82, 2.24) is 14.6 Å². The van der Waals surface area contributed by atoms with Gasteiger partial charge >= 0.3 is 24.3 Å². The number of ether oxygens (including phenoxy) is 3. The molecule has 1 fully saturated rings. The fraction of sp³-hybridized carbons (Fsp3) is 0.684. The number of methoxy groups -OCH3 is 1. The summed E-state index contributed by atoms with van der Waals surface area (Å²) < 4.78 is 35.4. The average Bonchev–Trinajstić information content (AvgIpc) is 2.99. The number of H-pyrrole nitrogens is 1. The quantitative estimate of drug-likeness (QED) is 0.198. The van der Waals surface area contributed by atoms with Gasteiger partial charge in [0.15, 0.2) is 6.23 Å². The van der Waals surface area contributed by atoms with Gasteiger partial charge in [-0.3, -0.25) is 28.5 Å². The SMILES string of the molecule is COC(=O)CSP(=O)(NC(C)C(=O)OC(C)C)OC[C@H]1O[C@@H](n2ccc(=O)[nH]c2=O)[C@](C)(Cl)[C@@H]1O. The number of rotatable bonds is 11. The number of aromatic amines is 1. The van der Waals surface area contributed by atoms with E-state index in [1.165, 1.54) is 20.0 Å². The summed E-state index contributed by atoms with van der Waals surface area (Å²) in [5.41, 5.74) is -1.43. The Bertz CT molecular complexity index is 1080. The van der Waals surface area contributed by atoms with Gasteiger partial charge in [-0.1, -0.05) is 0 Å². The maximum absolute atomic E-state index is 13.5. The van der Waals surface area contributed by atoms with E-state index in [1.807, 2.05) is 0 Å². The minimum atomic E-state index is -3.95. The molecule has 2 heterocycles. The molecule has 35 heavy (non-hydrogen) atoms. The van der Waals surface area contributed by atoms with Crippen LogP contribution in [0.15, 0.2) is 21.9 Å². The molecule has 3 N–H and O–H groups in total. The molecule has 0 radical (unpaired) electrons. The molecule has 0 aliphatic carbocycles. The molecule has 1 aliphatic rings. The maximum Gasteiger partial charge on any atom is 0.330 e. The van der Waals surface area contributed by atoms with Gasteiger partial charge in [0.25, 0.3) is 5.56 Å². The minimum absolute atomic E-state index is 0.358. The lowest BCUT2D eigenvalue weighted by Crippen LogP contribution is -2.43. The second-order valence-electron chi connectivity index (χ2n) is 8.12. The molecule has 1 aliphatic heterocycles. The van der Waals surface area contributed by atoms with E-state index in [-0.39, 0.29) is 5.75 Å². The van der Waals surface area contributed by atoms with Gasteiger partial charge in [0.1, 0.15) is 28.9 Å². The summed E-state index contributed by atoms with van der Waals surface area (Å²) in [7, 11) is 1.16. The van der Waals surface area contributed by atoms with Crippen molar-refractivity contribution in [2.75, 3.05) is 19.5 Å². The Morgan fingerprint density at radius 1 is 1.40 bits per heavy atom. The van der Waals surface area contributed by atoms with E-state index in [9.17, 15) is 28.8 Å². The van der Waals surface area contributed by atoms with Crippen LogP contribution in [0.2, 0.25) is 0 Å². The van der Waals surface area contributed by atoms with Crippen molar-refractivity contribution in [1.29, 1.82) is 0 Å². The number of aliphatic hydroxyl groups excluding tert-OH is 1. The van der Waals surface area contributed by atoms with Gasteiger partial charge in [0.2, 0.25) is 0 Å². The predicted octanol–water partition coefficient (Wildman–Crippen LogP) is 0.753. The van der Waals surface area contributed by atoms with Crippen LogP contribution in [0.1, 0.15) is 33.9 Å². The van der Waals surface area contributed by atoms with Gasteiger partial charge in [-0.05, 0) is 39.1 Å². The molecule has 0 bridgehead atoms. The van der Waals surface area contributed by atoms with E-state index in [2.05, 4.69) is 14.8 Å². The van der Waals surface area contributed by atoms with Crippen LogP contribution in [0.5, 0.6) is 0 Å². The molecule has 1 aromatic heterocycles. The van der Waals surface area contributed by atoms with Crippen molar-refractivity contribution in [3.05, 3.63) is 33.1 Å². The summed E-state index contributed by atoms with van der Waals surface area (Å²) in [5.74, 6) is -1.73. The number of nitrogens with zero attached hydrogens (tertiary/aromatic N) is 1. The van der Waals surface area contributed by atoms with Gasteiger partial charge in [-0.2, -0.15) is 0 Å². The molecule has 16 heteroatoms. The Morgan fingerprint density at radius 2 is 2.06 bits per heavy atom. The largest absolute Gasteiger partial charge is 0.468 e. The highest BCUT2D eigenvalue weighted by Gasteiger charge is 2.54.